The van der Waals surface area contributed by atoms with Gasteiger partial charge in [0, 0.05) is 26.2 Å². The smallest absolute Gasteiger partial charge is 0.0205 e. The lowest BCUT2D eigenvalue weighted by molar-refractivity contribution is 0.331. The van der Waals surface area contributed by atoms with Crippen LogP contribution in [0.25, 0.3) is 10.8 Å². The summed E-state index contributed by atoms with van der Waals surface area (Å²) in [5.74, 6) is 0.829. The van der Waals surface area contributed by atoms with Gasteiger partial charge in [-0.05, 0) is 28.3 Å². The summed E-state index contributed by atoms with van der Waals surface area (Å²) in [6.45, 7) is 4.44. The summed E-state index contributed by atoms with van der Waals surface area (Å²) in [5.41, 5.74) is 1.37. The summed E-state index contributed by atoms with van der Waals surface area (Å²) in [5, 5.41) is 9.47. The molecule has 0 bridgehead atoms. The molecule has 0 aliphatic carbocycles. The minimum Gasteiger partial charge on any atom is -0.316 e. The normalized spacial score (nSPS) is 16.0. The van der Waals surface area contributed by atoms with Gasteiger partial charge in [-0.3, -0.25) is 0 Å². The van der Waals surface area contributed by atoms with Crippen molar-refractivity contribution in [2.24, 2.45) is 5.92 Å². The number of fused-ring (bicyclic) bond motifs is 1. The van der Waals surface area contributed by atoms with E-state index in [0.717, 1.165) is 19.0 Å². The number of rotatable bonds is 4. The van der Waals surface area contributed by atoms with Crippen LogP contribution in [-0.2, 0) is 6.54 Å². The minimum atomic E-state index is 0.829. The van der Waals surface area contributed by atoms with Crippen molar-refractivity contribution in [1.29, 1.82) is 0 Å². The van der Waals surface area contributed by atoms with Crippen LogP contribution in [0.2, 0.25) is 0 Å². The molecule has 3 rings (SSSR count). The molecule has 0 spiro atoms. The molecule has 1 aliphatic rings. The summed E-state index contributed by atoms with van der Waals surface area (Å²) in [6.07, 6.45) is 0. The largest absolute Gasteiger partial charge is 0.316 e. The van der Waals surface area contributed by atoms with Crippen LogP contribution in [0.3, 0.4) is 0 Å². The van der Waals surface area contributed by atoms with Crippen LogP contribution in [0.4, 0.5) is 0 Å². The molecular formula is C15H18N2. The van der Waals surface area contributed by atoms with Crippen molar-refractivity contribution in [3.05, 3.63) is 48.0 Å². The Labute approximate surface area is 102 Å². The highest BCUT2D eigenvalue weighted by atomic mass is 15.0. The Hall–Kier alpha value is -1.38. The zero-order valence-electron chi connectivity index (χ0n) is 9.95. The van der Waals surface area contributed by atoms with Crippen molar-refractivity contribution in [2.45, 2.75) is 6.54 Å². The van der Waals surface area contributed by atoms with Gasteiger partial charge in [0.15, 0.2) is 0 Å². The lowest BCUT2D eigenvalue weighted by Gasteiger charge is -2.27. The fourth-order valence-electron chi connectivity index (χ4n) is 2.26. The van der Waals surface area contributed by atoms with Crippen molar-refractivity contribution in [2.75, 3.05) is 19.6 Å². The van der Waals surface area contributed by atoms with Gasteiger partial charge in [0.25, 0.3) is 0 Å². The predicted molar refractivity (Wildman–Crippen MR) is 72.0 cm³/mol. The lowest BCUT2D eigenvalue weighted by atomic mass is 10.0. The highest BCUT2D eigenvalue weighted by molar-refractivity contribution is 5.82. The third kappa shape index (κ3) is 2.48. The monoisotopic (exact) mass is 226 g/mol. The Morgan fingerprint density at radius 3 is 2.65 bits per heavy atom. The van der Waals surface area contributed by atoms with Gasteiger partial charge in [0.2, 0.25) is 0 Å². The van der Waals surface area contributed by atoms with Gasteiger partial charge in [-0.1, -0.05) is 36.4 Å². The van der Waals surface area contributed by atoms with Gasteiger partial charge in [0.1, 0.15) is 0 Å². The second-order valence-electron chi connectivity index (χ2n) is 4.84. The van der Waals surface area contributed by atoms with Gasteiger partial charge in [-0.2, -0.15) is 0 Å². The zero-order valence-corrected chi connectivity index (χ0v) is 9.95. The molecule has 1 heterocycles. The Balaban J connectivity index is 1.63. The van der Waals surface area contributed by atoms with Crippen LogP contribution in [0.15, 0.2) is 42.5 Å². The molecule has 17 heavy (non-hydrogen) atoms. The van der Waals surface area contributed by atoms with Crippen molar-refractivity contribution in [3.8, 4) is 0 Å². The van der Waals surface area contributed by atoms with E-state index in [4.69, 9.17) is 0 Å². The Bertz CT molecular complexity index is 503. The van der Waals surface area contributed by atoms with Crippen LogP contribution < -0.4 is 10.6 Å². The summed E-state index contributed by atoms with van der Waals surface area (Å²) in [7, 11) is 0. The number of hydrogen-bond acceptors (Lipinski definition) is 2. The predicted octanol–water partition coefficient (Wildman–Crippen LogP) is 2.15. The van der Waals surface area contributed by atoms with E-state index in [2.05, 4.69) is 53.1 Å². The fourth-order valence-corrected chi connectivity index (χ4v) is 2.26. The van der Waals surface area contributed by atoms with Crippen LogP contribution >= 0.6 is 0 Å². The Morgan fingerprint density at radius 1 is 1.06 bits per heavy atom. The van der Waals surface area contributed by atoms with Crippen molar-refractivity contribution >= 4 is 10.8 Å². The first-order valence-corrected chi connectivity index (χ1v) is 6.31. The molecule has 0 radical (unpaired) electrons. The SMILES string of the molecule is c1ccc2cc(CNCC3CNC3)ccc2c1. The first-order chi connectivity index (χ1) is 8.42. The van der Waals surface area contributed by atoms with E-state index in [1.165, 1.54) is 29.4 Å². The molecule has 1 saturated heterocycles. The summed E-state index contributed by atoms with van der Waals surface area (Å²) < 4.78 is 0. The maximum atomic E-state index is 3.53. The molecular weight excluding hydrogens is 208 g/mol. The maximum Gasteiger partial charge on any atom is 0.0205 e. The van der Waals surface area contributed by atoms with Crippen molar-refractivity contribution in [1.82, 2.24) is 10.6 Å². The van der Waals surface area contributed by atoms with Gasteiger partial charge in [-0.25, -0.2) is 0 Å². The van der Waals surface area contributed by atoms with E-state index in [1.807, 2.05) is 0 Å². The molecule has 1 fully saturated rings. The van der Waals surface area contributed by atoms with Gasteiger partial charge in [-0.15, -0.1) is 0 Å². The van der Waals surface area contributed by atoms with Gasteiger partial charge in [0.05, 0.1) is 0 Å². The molecule has 1 aliphatic heterocycles. The van der Waals surface area contributed by atoms with E-state index in [-0.39, 0.29) is 0 Å². The summed E-state index contributed by atoms with van der Waals surface area (Å²) >= 11 is 0. The van der Waals surface area contributed by atoms with Crippen LogP contribution in [0.5, 0.6) is 0 Å². The van der Waals surface area contributed by atoms with E-state index >= 15 is 0 Å². The summed E-state index contributed by atoms with van der Waals surface area (Å²) in [4.78, 5) is 0. The minimum absolute atomic E-state index is 0.829. The Kier molecular flexibility index (Phi) is 3.08. The molecule has 0 aromatic heterocycles. The quantitative estimate of drug-likeness (QED) is 0.834. The first-order valence-electron chi connectivity index (χ1n) is 6.31. The third-order valence-corrected chi connectivity index (χ3v) is 3.44. The van der Waals surface area contributed by atoms with Gasteiger partial charge < -0.3 is 10.6 Å². The van der Waals surface area contributed by atoms with E-state index in [9.17, 15) is 0 Å². The highest BCUT2D eigenvalue weighted by Gasteiger charge is 2.15. The van der Waals surface area contributed by atoms with Gasteiger partial charge >= 0.3 is 0 Å². The van der Waals surface area contributed by atoms with Crippen LogP contribution in [0, 0.1) is 5.92 Å². The fraction of sp³-hybridized carbons (Fsp3) is 0.333. The van der Waals surface area contributed by atoms with E-state index in [1.54, 1.807) is 0 Å². The summed E-state index contributed by atoms with van der Waals surface area (Å²) in [6, 6.07) is 15.2. The zero-order chi connectivity index (χ0) is 11.5. The standard InChI is InChI=1S/C15H18N2/c1-2-4-15-7-12(5-6-14(15)3-1)8-16-9-13-10-17-11-13/h1-7,13,16-17H,8-11H2. The molecule has 0 unspecified atom stereocenters. The first kappa shape index (κ1) is 10.8. The Morgan fingerprint density at radius 2 is 1.88 bits per heavy atom. The molecule has 0 saturated carbocycles. The lowest BCUT2D eigenvalue weighted by Crippen LogP contribution is -2.47. The third-order valence-electron chi connectivity index (χ3n) is 3.44. The highest BCUT2D eigenvalue weighted by Crippen LogP contribution is 2.15. The molecule has 2 heteroatoms. The second-order valence-corrected chi connectivity index (χ2v) is 4.84. The molecule has 2 aromatic rings. The topological polar surface area (TPSA) is 24.1 Å². The van der Waals surface area contributed by atoms with Crippen LogP contribution in [-0.4, -0.2) is 19.6 Å². The molecule has 2 N–H and O–H groups in total. The number of benzene rings is 2. The van der Waals surface area contributed by atoms with Crippen molar-refractivity contribution in [3.63, 3.8) is 0 Å². The average molecular weight is 226 g/mol. The molecule has 0 amide bonds. The van der Waals surface area contributed by atoms with Crippen molar-refractivity contribution < 1.29 is 0 Å². The molecule has 88 valence electrons. The number of hydrogen-bond donors (Lipinski definition) is 2. The molecule has 2 nitrogen and oxygen atoms in total. The molecule has 2 aromatic carbocycles. The second kappa shape index (κ2) is 4.86. The van der Waals surface area contributed by atoms with Crippen LogP contribution in [0.1, 0.15) is 5.56 Å². The maximum absolute atomic E-state index is 3.53. The van der Waals surface area contributed by atoms with E-state index < -0.39 is 0 Å². The number of nitrogens with one attached hydrogen (secondary N) is 2. The molecule has 0 atom stereocenters. The average Bonchev–Trinajstić information content (AvgIpc) is 2.32. The van der Waals surface area contributed by atoms with E-state index in [0.29, 0.717) is 0 Å².